The lowest BCUT2D eigenvalue weighted by atomic mass is 10.0. The molecule has 1 saturated heterocycles. The van der Waals surface area contributed by atoms with Gasteiger partial charge in [-0.05, 0) is 20.9 Å². The van der Waals surface area contributed by atoms with Crippen LogP contribution in [0.2, 0.25) is 0 Å². The molecule has 1 unspecified atom stereocenters. The van der Waals surface area contributed by atoms with Gasteiger partial charge < -0.3 is 4.74 Å². The summed E-state index contributed by atoms with van der Waals surface area (Å²) in [6.45, 7) is 8.37. The van der Waals surface area contributed by atoms with Gasteiger partial charge in [-0.25, -0.2) is 0 Å². The second-order valence-corrected chi connectivity index (χ2v) is 4.44. The van der Waals surface area contributed by atoms with Crippen LogP contribution in [-0.2, 0) is 9.53 Å². The van der Waals surface area contributed by atoms with Crippen molar-refractivity contribution >= 4 is 5.78 Å². The monoisotopic (exact) mass is 185 g/mol. The lowest BCUT2D eigenvalue weighted by Gasteiger charge is -2.29. The molecule has 1 rings (SSSR count). The summed E-state index contributed by atoms with van der Waals surface area (Å²) in [5.74, 6) is 0.359. The average molecular weight is 185 g/mol. The van der Waals surface area contributed by atoms with Crippen molar-refractivity contribution in [2.45, 2.75) is 39.5 Å². The Labute approximate surface area is 80.1 Å². The summed E-state index contributed by atoms with van der Waals surface area (Å²) in [5, 5.41) is 0. The Morgan fingerprint density at radius 1 is 1.54 bits per heavy atom. The van der Waals surface area contributed by atoms with E-state index < -0.39 is 0 Å². The molecule has 0 bridgehead atoms. The Balaban J connectivity index is 2.71. The number of ether oxygens (including phenoxy) is 1. The zero-order valence-corrected chi connectivity index (χ0v) is 9.13. The Bertz CT molecular complexity index is 211. The van der Waals surface area contributed by atoms with Crippen LogP contribution in [0.25, 0.3) is 0 Å². The van der Waals surface area contributed by atoms with Crippen LogP contribution >= 0.6 is 0 Å². The summed E-state index contributed by atoms with van der Waals surface area (Å²) >= 11 is 0. The van der Waals surface area contributed by atoms with Gasteiger partial charge in [0.15, 0.2) is 5.78 Å². The molecule has 0 saturated carbocycles. The molecular formula is C10H19NO2. The third-order valence-corrected chi connectivity index (χ3v) is 2.81. The first-order valence-electron chi connectivity index (χ1n) is 4.77. The van der Waals surface area contributed by atoms with Crippen LogP contribution in [0.4, 0.5) is 0 Å². The van der Waals surface area contributed by atoms with Crippen LogP contribution in [0, 0.1) is 5.92 Å². The third-order valence-electron chi connectivity index (χ3n) is 2.81. The van der Waals surface area contributed by atoms with E-state index in [-0.39, 0.29) is 23.5 Å². The molecule has 3 heteroatoms. The van der Waals surface area contributed by atoms with Crippen LogP contribution in [0.3, 0.4) is 0 Å². The van der Waals surface area contributed by atoms with Gasteiger partial charge >= 0.3 is 0 Å². The first kappa shape index (κ1) is 10.7. The van der Waals surface area contributed by atoms with Gasteiger partial charge in [-0.2, -0.15) is 0 Å². The number of likely N-dealkylation sites (N-methyl/N-ethyl adjacent to an activating group) is 1. The first-order valence-corrected chi connectivity index (χ1v) is 4.77. The van der Waals surface area contributed by atoms with Gasteiger partial charge in [-0.1, -0.05) is 13.8 Å². The quantitative estimate of drug-likeness (QED) is 0.649. The summed E-state index contributed by atoms with van der Waals surface area (Å²) in [4.78, 5) is 13.7. The highest BCUT2D eigenvalue weighted by molar-refractivity contribution is 5.86. The molecule has 0 aromatic heterocycles. The molecule has 1 fully saturated rings. The number of rotatable bonds is 2. The fourth-order valence-corrected chi connectivity index (χ4v) is 1.53. The molecule has 1 atom stereocenters. The summed E-state index contributed by atoms with van der Waals surface area (Å²) in [7, 11) is 1.94. The van der Waals surface area contributed by atoms with E-state index in [4.69, 9.17) is 4.74 Å². The predicted molar refractivity (Wildman–Crippen MR) is 51.4 cm³/mol. The number of nitrogens with zero attached hydrogens (tertiary/aromatic N) is 1. The zero-order chi connectivity index (χ0) is 10.2. The van der Waals surface area contributed by atoms with Crippen molar-refractivity contribution < 1.29 is 9.53 Å². The van der Waals surface area contributed by atoms with E-state index in [0.29, 0.717) is 6.61 Å². The Morgan fingerprint density at radius 3 is 2.38 bits per heavy atom. The minimum atomic E-state index is -0.296. The first-order chi connectivity index (χ1) is 5.86. The van der Waals surface area contributed by atoms with Crippen LogP contribution in [-0.4, -0.2) is 36.1 Å². The Morgan fingerprint density at radius 2 is 2.08 bits per heavy atom. The number of hydrogen-bond acceptors (Lipinski definition) is 3. The third kappa shape index (κ3) is 1.92. The second-order valence-electron chi connectivity index (χ2n) is 4.44. The van der Waals surface area contributed by atoms with E-state index in [0.717, 1.165) is 0 Å². The van der Waals surface area contributed by atoms with E-state index in [1.165, 1.54) is 0 Å². The van der Waals surface area contributed by atoms with Gasteiger partial charge in [-0.3, -0.25) is 9.69 Å². The summed E-state index contributed by atoms with van der Waals surface area (Å²) < 4.78 is 5.54. The highest BCUT2D eigenvalue weighted by Gasteiger charge is 2.41. The molecule has 1 aliphatic rings. The van der Waals surface area contributed by atoms with Crippen LogP contribution in [0.5, 0.6) is 0 Å². The van der Waals surface area contributed by atoms with Gasteiger partial charge in [0.05, 0.1) is 12.6 Å². The van der Waals surface area contributed by atoms with Gasteiger partial charge in [0.25, 0.3) is 0 Å². The molecule has 0 aliphatic carbocycles. The zero-order valence-electron chi connectivity index (χ0n) is 9.13. The van der Waals surface area contributed by atoms with Crippen molar-refractivity contribution in [2.75, 3.05) is 13.7 Å². The normalized spacial score (nSPS) is 28.3. The largest absolute Gasteiger partial charge is 0.359 e. The maximum atomic E-state index is 11.7. The molecule has 0 spiro atoms. The van der Waals surface area contributed by atoms with Gasteiger partial charge in [0, 0.05) is 5.92 Å². The topological polar surface area (TPSA) is 29.5 Å². The summed E-state index contributed by atoms with van der Waals surface area (Å²) in [6.07, 6.45) is 0. The minimum absolute atomic E-state index is 0.0602. The molecule has 76 valence electrons. The Hall–Kier alpha value is -0.410. The lowest BCUT2D eigenvalue weighted by molar-refractivity contribution is -0.126. The number of hydrogen-bond donors (Lipinski definition) is 0. The van der Waals surface area contributed by atoms with Crippen LogP contribution in [0.15, 0.2) is 0 Å². The van der Waals surface area contributed by atoms with E-state index in [1.807, 2.05) is 39.6 Å². The predicted octanol–water partition coefficient (Wildman–Crippen LogP) is 1.28. The number of ketones is 1. The molecule has 1 aliphatic heterocycles. The van der Waals surface area contributed by atoms with E-state index in [2.05, 4.69) is 0 Å². The van der Waals surface area contributed by atoms with E-state index >= 15 is 0 Å². The second kappa shape index (κ2) is 3.39. The molecule has 0 radical (unpaired) electrons. The molecule has 1 heterocycles. The van der Waals surface area contributed by atoms with Crippen molar-refractivity contribution in [3.05, 3.63) is 0 Å². The van der Waals surface area contributed by atoms with Gasteiger partial charge in [0.1, 0.15) is 5.72 Å². The summed E-state index contributed by atoms with van der Waals surface area (Å²) in [5.41, 5.74) is -0.296. The number of carbonyl (C=O) groups is 1. The Kier molecular flexibility index (Phi) is 2.78. The smallest absolute Gasteiger partial charge is 0.154 e. The average Bonchev–Trinajstić information content (AvgIpc) is 2.27. The standard InChI is InChI=1S/C10H19NO2/c1-7(2)9(12)8-6-13-10(3,4)11(8)5/h7-8H,6H2,1-5H3. The summed E-state index contributed by atoms with van der Waals surface area (Å²) in [6, 6.07) is -0.0602. The highest BCUT2D eigenvalue weighted by atomic mass is 16.5. The van der Waals surface area contributed by atoms with Gasteiger partial charge in [0.2, 0.25) is 0 Å². The van der Waals surface area contributed by atoms with Crippen LogP contribution < -0.4 is 0 Å². The van der Waals surface area contributed by atoms with Crippen molar-refractivity contribution in [2.24, 2.45) is 5.92 Å². The highest BCUT2D eigenvalue weighted by Crippen LogP contribution is 2.26. The fraction of sp³-hybridized carbons (Fsp3) is 0.900. The molecule has 3 nitrogen and oxygen atoms in total. The van der Waals surface area contributed by atoms with Crippen molar-refractivity contribution in [1.82, 2.24) is 4.90 Å². The maximum Gasteiger partial charge on any atom is 0.154 e. The lowest BCUT2D eigenvalue weighted by Crippen LogP contribution is -2.45. The molecule has 0 amide bonds. The number of Topliss-reactive ketones (excluding diaryl/α,β-unsaturated/α-hetero) is 1. The van der Waals surface area contributed by atoms with Crippen molar-refractivity contribution in [3.63, 3.8) is 0 Å². The molecule has 0 aromatic rings. The van der Waals surface area contributed by atoms with Crippen molar-refractivity contribution in [1.29, 1.82) is 0 Å². The minimum Gasteiger partial charge on any atom is -0.359 e. The SMILES string of the molecule is CC(C)C(=O)C1COC(C)(C)N1C. The molecule has 13 heavy (non-hydrogen) atoms. The number of carbonyl (C=O) groups excluding carboxylic acids is 1. The fourth-order valence-electron chi connectivity index (χ4n) is 1.53. The maximum absolute atomic E-state index is 11.7. The molecule has 0 aromatic carbocycles. The van der Waals surface area contributed by atoms with Crippen LogP contribution in [0.1, 0.15) is 27.7 Å². The molecule has 0 N–H and O–H groups in total. The van der Waals surface area contributed by atoms with E-state index in [1.54, 1.807) is 0 Å². The van der Waals surface area contributed by atoms with Crippen molar-refractivity contribution in [3.8, 4) is 0 Å². The molecular weight excluding hydrogens is 166 g/mol. The van der Waals surface area contributed by atoms with E-state index in [9.17, 15) is 4.79 Å². The van der Waals surface area contributed by atoms with Gasteiger partial charge in [-0.15, -0.1) is 0 Å².